The maximum atomic E-state index is 10.9. The molecule has 1 aliphatic heterocycles. The molecule has 0 spiro atoms. The summed E-state index contributed by atoms with van der Waals surface area (Å²) in [6.07, 6.45) is 1.99. The average molecular weight is 205 g/mol. The lowest BCUT2D eigenvalue weighted by Crippen LogP contribution is -2.29. The number of hydrogen-bond donors (Lipinski definition) is 2. The van der Waals surface area contributed by atoms with Crippen LogP contribution in [0.25, 0.3) is 0 Å². The van der Waals surface area contributed by atoms with Gasteiger partial charge < -0.3 is 10.4 Å². The molecule has 0 amide bonds. The number of fused-ring (bicyclic) bond motifs is 1. The average Bonchev–Trinajstić information content (AvgIpc) is 2.27. The summed E-state index contributed by atoms with van der Waals surface area (Å²) in [4.78, 5) is 10.9. The minimum Gasteiger partial charge on any atom is -0.478 e. The molecule has 80 valence electrons. The third-order valence-electron chi connectivity index (χ3n) is 2.96. The van der Waals surface area contributed by atoms with Crippen molar-refractivity contribution < 1.29 is 9.90 Å². The van der Waals surface area contributed by atoms with Crippen LogP contribution in [0.3, 0.4) is 0 Å². The van der Waals surface area contributed by atoms with Crippen molar-refractivity contribution >= 4 is 5.97 Å². The van der Waals surface area contributed by atoms with E-state index < -0.39 is 5.97 Å². The van der Waals surface area contributed by atoms with Crippen LogP contribution in [0.1, 0.15) is 40.9 Å². The molecular formula is C12H15NO2. The highest BCUT2D eigenvalue weighted by Gasteiger charge is 2.19. The smallest absolute Gasteiger partial charge is 0.335 e. The van der Waals surface area contributed by atoms with Gasteiger partial charge in [0.15, 0.2) is 0 Å². The van der Waals surface area contributed by atoms with Crippen LogP contribution in [0, 0.1) is 0 Å². The predicted octanol–water partition coefficient (Wildman–Crippen LogP) is 1.98. The lowest BCUT2D eigenvalue weighted by atomic mass is 9.91. The molecule has 0 fully saturated rings. The van der Waals surface area contributed by atoms with Crippen molar-refractivity contribution in [2.45, 2.75) is 25.8 Å². The maximum absolute atomic E-state index is 10.9. The molecule has 2 N–H and O–H groups in total. The van der Waals surface area contributed by atoms with E-state index in [9.17, 15) is 4.79 Å². The van der Waals surface area contributed by atoms with Gasteiger partial charge in [-0.15, -0.1) is 0 Å². The van der Waals surface area contributed by atoms with Crippen LogP contribution in [0.4, 0.5) is 0 Å². The van der Waals surface area contributed by atoms with E-state index in [1.54, 1.807) is 12.1 Å². The molecule has 1 heterocycles. The summed E-state index contributed by atoms with van der Waals surface area (Å²) >= 11 is 0. The Morgan fingerprint density at radius 3 is 3.07 bits per heavy atom. The highest BCUT2D eigenvalue weighted by atomic mass is 16.4. The lowest BCUT2D eigenvalue weighted by Gasteiger charge is -2.26. The number of carboxylic acid groups (broad SMARTS) is 1. The third-order valence-corrected chi connectivity index (χ3v) is 2.96. The molecule has 0 saturated heterocycles. The fraction of sp³-hybridized carbons (Fsp3) is 0.417. The van der Waals surface area contributed by atoms with Crippen molar-refractivity contribution in [2.24, 2.45) is 0 Å². The molecule has 0 aromatic heterocycles. The molecule has 2 rings (SSSR count). The summed E-state index contributed by atoms with van der Waals surface area (Å²) in [5.74, 6) is -0.849. The van der Waals surface area contributed by atoms with Gasteiger partial charge in [0.1, 0.15) is 0 Å². The molecule has 1 unspecified atom stereocenters. The van der Waals surface area contributed by atoms with E-state index in [0.717, 1.165) is 24.9 Å². The van der Waals surface area contributed by atoms with Crippen molar-refractivity contribution in [3.8, 4) is 0 Å². The molecule has 1 aromatic rings. The molecule has 0 bridgehead atoms. The van der Waals surface area contributed by atoms with Gasteiger partial charge in [0, 0.05) is 6.04 Å². The van der Waals surface area contributed by atoms with Crippen LogP contribution in [0.2, 0.25) is 0 Å². The predicted molar refractivity (Wildman–Crippen MR) is 58.1 cm³/mol. The molecule has 0 saturated carbocycles. The largest absolute Gasteiger partial charge is 0.478 e. The molecule has 0 radical (unpaired) electrons. The van der Waals surface area contributed by atoms with E-state index in [4.69, 9.17) is 5.11 Å². The maximum Gasteiger partial charge on any atom is 0.335 e. The summed E-state index contributed by atoms with van der Waals surface area (Å²) < 4.78 is 0. The van der Waals surface area contributed by atoms with Crippen LogP contribution in [0.15, 0.2) is 18.2 Å². The van der Waals surface area contributed by atoms with E-state index >= 15 is 0 Å². The Bertz CT molecular complexity index is 387. The minimum absolute atomic E-state index is 0.313. The van der Waals surface area contributed by atoms with Gasteiger partial charge >= 0.3 is 5.97 Å². The third kappa shape index (κ3) is 1.88. The zero-order valence-electron chi connectivity index (χ0n) is 8.79. The molecule has 3 heteroatoms. The number of carbonyl (C=O) groups is 1. The van der Waals surface area contributed by atoms with Crippen LogP contribution < -0.4 is 5.32 Å². The second kappa shape index (κ2) is 4.03. The first kappa shape index (κ1) is 10.2. The van der Waals surface area contributed by atoms with Crippen LogP contribution in [-0.4, -0.2) is 17.6 Å². The second-order valence-electron chi connectivity index (χ2n) is 3.88. The first-order chi connectivity index (χ1) is 7.22. The number of rotatable bonds is 2. The first-order valence-electron chi connectivity index (χ1n) is 5.32. The highest BCUT2D eigenvalue weighted by molar-refractivity contribution is 5.88. The Hall–Kier alpha value is -1.35. The summed E-state index contributed by atoms with van der Waals surface area (Å²) in [6.45, 7) is 3.10. The number of benzene rings is 1. The van der Waals surface area contributed by atoms with E-state index in [1.807, 2.05) is 6.07 Å². The summed E-state index contributed by atoms with van der Waals surface area (Å²) in [7, 11) is 0. The number of carboxylic acids is 1. The van der Waals surface area contributed by atoms with Crippen molar-refractivity contribution in [2.75, 3.05) is 6.54 Å². The SMILES string of the molecule is CCC1NCCc2ccc(C(=O)O)cc21. The molecule has 15 heavy (non-hydrogen) atoms. The van der Waals surface area contributed by atoms with Crippen molar-refractivity contribution in [3.63, 3.8) is 0 Å². The van der Waals surface area contributed by atoms with Gasteiger partial charge in [-0.2, -0.15) is 0 Å². The van der Waals surface area contributed by atoms with Crippen LogP contribution >= 0.6 is 0 Å². The number of aromatic carboxylic acids is 1. The zero-order valence-corrected chi connectivity index (χ0v) is 8.79. The Morgan fingerprint density at radius 1 is 1.60 bits per heavy atom. The Balaban J connectivity index is 2.43. The van der Waals surface area contributed by atoms with Crippen LogP contribution in [-0.2, 0) is 6.42 Å². The first-order valence-corrected chi connectivity index (χ1v) is 5.32. The highest BCUT2D eigenvalue weighted by Crippen LogP contribution is 2.26. The zero-order chi connectivity index (χ0) is 10.8. The normalized spacial score (nSPS) is 19.7. The van der Waals surface area contributed by atoms with E-state index in [2.05, 4.69) is 12.2 Å². The quantitative estimate of drug-likeness (QED) is 0.776. The molecule has 1 aromatic carbocycles. The molecule has 3 nitrogen and oxygen atoms in total. The van der Waals surface area contributed by atoms with Gasteiger partial charge in [-0.1, -0.05) is 13.0 Å². The second-order valence-corrected chi connectivity index (χ2v) is 3.88. The lowest BCUT2D eigenvalue weighted by molar-refractivity contribution is 0.0696. The van der Waals surface area contributed by atoms with Gasteiger partial charge in [-0.25, -0.2) is 4.79 Å². The number of nitrogens with one attached hydrogen (secondary N) is 1. The summed E-state index contributed by atoms with van der Waals surface area (Å²) in [5, 5.41) is 12.3. The van der Waals surface area contributed by atoms with Crippen LogP contribution in [0.5, 0.6) is 0 Å². The Labute approximate surface area is 89.1 Å². The molecule has 1 aliphatic rings. The fourth-order valence-corrected chi connectivity index (χ4v) is 2.14. The Kier molecular flexibility index (Phi) is 2.73. The standard InChI is InChI=1S/C12H15NO2/c1-2-11-10-7-9(12(14)15)4-3-8(10)5-6-13-11/h3-4,7,11,13H,2,5-6H2,1H3,(H,14,15). The molecule has 1 atom stereocenters. The van der Waals surface area contributed by atoms with Gasteiger partial charge in [0.05, 0.1) is 5.56 Å². The monoisotopic (exact) mass is 205 g/mol. The van der Waals surface area contributed by atoms with Gasteiger partial charge in [0.2, 0.25) is 0 Å². The van der Waals surface area contributed by atoms with Gasteiger partial charge in [-0.05, 0) is 42.6 Å². The van der Waals surface area contributed by atoms with Gasteiger partial charge in [-0.3, -0.25) is 0 Å². The van der Waals surface area contributed by atoms with Gasteiger partial charge in [0.25, 0.3) is 0 Å². The fourth-order valence-electron chi connectivity index (χ4n) is 2.14. The minimum atomic E-state index is -0.849. The van der Waals surface area contributed by atoms with E-state index in [0.29, 0.717) is 11.6 Å². The number of hydrogen-bond acceptors (Lipinski definition) is 2. The van der Waals surface area contributed by atoms with E-state index in [1.165, 1.54) is 5.56 Å². The van der Waals surface area contributed by atoms with E-state index in [-0.39, 0.29) is 0 Å². The molecular weight excluding hydrogens is 190 g/mol. The van der Waals surface area contributed by atoms with Crippen molar-refractivity contribution in [1.29, 1.82) is 0 Å². The van der Waals surface area contributed by atoms with Crippen molar-refractivity contribution in [1.82, 2.24) is 5.32 Å². The molecule has 0 aliphatic carbocycles. The van der Waals surface area contributed by atoms with Crippen molar-refractivity contribution in [3.05, 3.63) is 34.9 Å². The topological polar surface area (TPSA) is 49.3 Å². The summed E-state index contributed by atoms with van der Waals surface area (Å²) in [6, 6.07) is 5.76. The Morgan fingerprint density at radius 2 is 2.40 bits per heavy atom. The summed E-state index contributed by atoms with van der Waals surface area (Å²) in [5.41, 5.74) is 2.82.